The van der Waals surface area contributed by atoms with Gasteiger partial charge in [0, 0.05) is 11.4 Å². The summed E-state index contributed by atoms with van der Waals surface area (Å²) in [5, 5.41) is 6.56. The number of methoxy groups -OCH3 is 1. The fraction of sp³-hybridized carbons (Fsp3) is 0.286. The Kier molecular flexibility index (Phi) is 3.76. The SMILES string of the molecule is COC(=O)c1c(NC(=O)c2ccoc2)sc2c1CCNC2. The van der Waals surface area contributed by atoms with Crippen LogP contribution in [0.2, 0.25) is 0 Å². The third-order valence-electron chi connectivity index (χ3n) is 3.33. The molecule has 1 aliphatic heterocycles. The first-order valence-corrected chi connectivity index (χ1v) is 7.29. The Balaban J connectivity index is 1.95. The van der Waals surface area contributed by atoms with Gasteiger partial charge < -0.3 is 19.8 Å². The van der Waals surface area contributed by atoms with Gasteiger partial charge in [0.2, 0.25) is 0 Å². The molecule has 0 unspecified atom stereocenters. The van der Waals surface area contributed by atoms with Crippen LogP contribution < -0.4 is 10.6 Å². The molecule has 21 heavy (non-hydrogen) atoms. The molecular weight excluding hydrogens is 292 g/mol. The van der Waals surface area contributed by atoms with Crippen LogP contribution in [0, 0.1) is 0 Å². The molecule has 3 heterocycles. The molecular formula is C14H14N2O4S. The van der Waals surface area contributed by atoms with E-state index < -0.39 is 5.97 Å². The van der Waals surface area contributed by atoms with E-state index in [2.05, 4.69) is 10.6 Å². The van der Waals surface area contributed by atoms with Crippen molar-refractivity contribution in [1.29, 1.82) is 0 Å². The Morgan fingerprint density at radius 3 is 3.05 bits per heavy atom. The maximum absolute atomic E-state index is 12.1. The molecule has 3 rings (SSSR count). The molecule has 0 radical (unpaired) electrons. The lowest BCUT2D eigenvalue weighted by Crippen LogP contribution is -2.23. The van der Waals surface area contributed by atoms with Crippen molar-refractivity contribution in [3.63, 3.8) is 0 Å². The Morgan fingerprint density at radius 1 is 1.48 bits per heavy atom. The van der Waals surface area contributed by atoms with Gasteiger partial charge in [-0.05, 0) is 24.6 Å². The van der Waals surface area contributed by atoms with Crippen LogP contribution in [0.1, 0.15) is 31.2 Å². The second-order valence-electron chi connectivity index (χ2n) is 4.59. The Labute approximate surface area is 125 Å². The monoisotopic (exact) mass is 306 g/mol. The van der Waals surface area contributed by atoms with E-state index in [0.29, 0.717) is 22.7 Å². The number of hydrogen-bond acceptors (Lipinski definition) is 6. The number of ether oxygens (including phenoxy) is 1. The van der Waals surface area contributed by atoms with E-state index in [4.69, 9.17) is 9.15 Å². The lowest BCUT2D eigenvalue weighted by atomic mass is 10.0. The number of esters is 1. The highest BCUT2D eigenvalue weighted by atomic mass is 32.1. The summed E-state index contributed by atoms with van der Waals surface area (Å²) in [6.07, 6.45) is 3.54. The molecule has 2 aromatic rings. The van der Waals surface area contributed by atoms with Crippen molar-refractivity contribution in [2.45, 2.75) is 13.0 Å². The number of anilines is 1. The zero-order valence-corrected chi connectivity index (χ0v) is 12.2. The first-order chi connectivity index (χ1) is 10.2. The van der Waals surface area contributed by atoms with Crippen LogP contribution in [0.5, 0.6) is 0 Å². The summed E-state index contributed by atoms with van der Waals surface area (Å²) in [7, 11) is 1.34. The van der Waals surface area contributed by atoms with E-state index in [1.54, 1.807) is 6.07 Å². The number of carbonyl (C=O) groups is 2. The normalized spacial score (nSPS) is 13.6. The largest absolute Gasteiger partial charge is 0.472 e. The van der Waals surface area contributed by atoms with Crippen LogP contribution >= 0.6 is 11.3 Å². The predicted molar refractivity (Wildman–Crippen MR) is 77.7 cm³/mol. The third kappa shape index (κ3) is 2.57. The average molecular weight is 306 g/mol. The molecule has 0 spiro atoms. The average Bonchev–Trinajstić information content (AvgIpc) is 3.13. The molecule has 0 aromatic carbocycles. The van der Waals surface area contributed by atoms with Crippen LogP contribution in [-0.2, 0) is 17.7 Å². The maximum atomic E-state index is 12.1. The van der Waals surface area contributed by atoms with Crippen molar-refractivity contribution >= 4 is 28.2 Å². The van der Waals surface area contributed by atoms with Crippen molar-refractivity contribution in [3.8, 4) is 0 Å². The molecule has 2 aromatic heterocycles. The summed E-state index contributed by atoms with van der Waals surface area (Å²) < 4.78 is 9.75. The summed E-state index contributed by atoms with van der Waals surface area (Å²) in [6, 6.07) is 1.57. The van der Waals surface area contributed by atoms with Gasteiger partial charge in [-0.25, -0.2) is 4.79 Å². The number of amides is 1. The third-order valence-corrected chi connectivity index (χ3v) is 4.48. The quantitative estimate of drug-likeness (QED) is 0.848. The highest BCUT2D eigenvalue weighted by Gasteiger charge is 2.27. The minimum atomic E-state index is -0.420. The van der Waals surface area contributed by atoms with E-state index in [-0.39, 0.29) is 5.91 Å². The summed E-state index contributed by atoms with van der Waals surface area (Å²) in [5.74, 6) is -0.725. The fourth-order valence-corrected chi connectivity index (χ4v) is 3.51. The van der Waals surface area contributed by atoms with E-state index in [1.165, 1.54) is 31.0 Å². The van der Waals surface area contributed by atoms with Crippen molar-refractivity contribution in [2.24, 2.45) is 0 Å². The lowest BCUT2D eigenvalue weighted by Gasteiger charge is -2.13. The molecule has 7 heteroatoms. The minimum Gasteiger partial charge on any atom is -0.472 e. The van der Waals surface area contributed by atoms with E-state index in [9.17, 15) is 9.59 Å². The van der Waals surface area contributed by atoms with Gasteiger partial charge in [-0.15, -0.1) is 11.3 Å². The summed E-state index contributed by atoms with van der Waals surface area (Å²) in [6.45, 7) is 1.51. The molecule has 0 saturated carbocycles. The Bertz CT molecular complexity index is 675. The van der Waals surface area contributed by atoms with Gasteiger partial charge in [-0.2, -0.15) is 0 Å². The fourth-order valence-electron chi connectivity index (χ4n) is 2.31. The van der Waals surface area contributed by atoms with E-state index >= 15 is 0 Å². The summed E-state index contributed by atoms with van der Waals surface area (Å²) in [4.78, 5) is 25.2. The number of carbonyl (C=O) groups excluding carboxylic acids is 2. The standard InChI is InChI=1S/C14H14N2O4S/c1-19-14(18)11-9-2-4-15-6-10(9)21-13(11)16-12(17)8-3-5-20-7-8/h3,5,7,15H,2,4,6H2,1H3,(H,16,17). The number of fused-ring (bicyclic) bond motifs is 1. The zero-order chi connectivity index (χ0) is 14.8. The molecule has 6 nitrogen and oxygen atoms in total. The predicted octanol–water partition coefficient (Wildman–Crippen LogP) is 2.03. The second kappa shape index (κ2) is 5.71. The van der Waals surface area contributed by atoms with Crippen molar-refractivity contribution in [1.82, 2.24) is 5.32 Å². The first-order valence-electron chi connectivity index (χ1n) is 6.48. The smallest absolute Gasteiger partial charge is 0.341 e. The highest BCUT2D eigenvalue weighted by Crippen LogP contribution is 2.36. The van der Waals surface area contributed by atoms with Crippen LogP contribution in [0.4, 0.5) is 5.00 Å². The van der Waals surface area contributed by atoms with Gasteiger partial charge in [-0.3, -0.25) is 4.79 Å². The van der Waals surface area contributed by atoms with Crippen LogP contribution in [-0.4, -0.2) is 25.5 Å². The Hall–Kier alpha value is -2.12. The highest BCUT2D eigenvalue weighted by molar-refractivity contribution is 7.17. The van der Waals surface area contributed by atoms with Gasteiger partial charge in [-0.1, -0.05) is 0 Å². The van der Waals surface area contributed by atoms with Gasteiger partial charge in [0.25, 0.3) is 5.91 Å². The molecule has 0 saturated heterocycles. The number of furan rings is 1. The topological polar surface area (TPSA) is 80.6 Å². The van der Waals surface area contributed by atoms with Crippen LogP contribution in [0.25, 0.3) is 0 Å². The summed E-state index contributed by atoms with van der Waals surface area (Å²) >= 11 is 1.41. The molecule has 1 aliphatic rings. The molecule has 0 fully saturated rings. The summed E-state index contributed by atoms with van der Waals surface area (Å²) in [5.41, 5.74) is 1.85. The molecule has 0 aliphatic carbocycles. The van der Waals surface area contributed by atoms with Gasteiger partial charge >= 0.3 is 5.97 Å². The van der Waals surface area contributed by atoms with Crippen LogP contribution in [0.15, 0.2) is 23.0 Å². The molecule has 1 amide bonds. The van der Waals surface area contributed by atoms with Gasteiger partial charge in [0.05, 0.1) is 24.5 Å². The second-order valence-corrected chi connectivity index (χ2v) is 5.70. The first kappa shape index (κ1) is 13.8. The number of thiophene rings is 1. The zero-order valence-electron chi connectivity index (χ0n) is 11.4. The molecule has 110 valence electrons. The Morgan fingerprint density at radius 2 is 2.33 bits per heavy atom. The molecule has 0 atom stereocenters. The van der Waals surface area contributed by atoms with E-state index in [0.717, 1.165) is 23.4 Å². The number of rotatable bonds is 3. The van der Waals surface area contributed by atoms with E-state index in [1.807, 2.05) is 0 Å². The van der Waals surface area contributed by atoms with Crippen LogP contribution in [0.3, 0.4) is 0 Å². The van der Waals surface area contributed by atoms with Crippen molar-refractivity contribution < 1.29 is 18.7 Å². The molecule has 0 bridgehead atoms. The number of nitrogens with one attached hydrogen (secondary N) is 2. The number of hydrogen-bond donors (Lipinski definition) is 2. The van der Waals surface area contributed by atoms with Crippen molar-refractivity contribution in [3.05, 3.63) is 40.2 Å². The van der Waals surface area contributed by atoms with Crippen molar-refractivity contribution in [2.75, 3.05) is 19.0 Å². The lowest BCUT2D eigenvalue weighted by molar-refractivity contribution is 0.0601. The minimum absolute atomic E-state index is 0.305. The van der Waals surface area contributed by atoms with Gasteiger partial charge in [0.1, 0.15) is 11.3 Å². The molecule has 2 N–H and O–H groups in total. The van der Waals surface area contributed by atoms with Gasteiger partial charge in [0.15, 0.2) is 0 Å². The maximum Gasteiger partial charge on any atom is 0.341 e.